The Morgan fingerprint density at radius 2 is 1.62 bits per heavy atom. The maximum atomic E-state index is 17.6. The number of hydrogen-bond donors (Lipinski definition) is 1. The van der Waals surface area contributed by atoms with Gasteiger partial charge in [-0.05, 0) is 50.8 Å². The Hall–Kier alpha value is -4.00. The Bertz CT molecular complexity index is 1380. The maximum Gasteiger partial charge on any atom is 0.408 e. The van der Waals surface area contributed by atoms with E-state index in [0.29, 0.717) is 11.3 Å². The summed E-state index contributed by atoms with van der Waals surface area (Å²) in [5.74, 6) is -1.53. The molecule has 0 aromatic heterocycles. The van der Waals surface area contributed by atoms with E-state index in [-0.39, 0.29) is 30.5 Å². The molecule has 1 heterocycles. The average molecular weight is 501 g/mol. The molecule has 5 rings (SSSR count). The third kappa shape index (κ3) is 3.99. The van der Waals surface area contributed by atoms with Crippen LogP contribution in [0.5, 0.6) is 0 Å². The minimum Gasteiger partial charge on any atom is -0.444 e. The van der Waals surface area contributed by atoms with Crippen molar-refractivity contribution < 1.29 is 23.5 Å². The minimum atomic E-state index is -2.74. The quantitative estimate of drug-likeness (QED) is 0.514. The average Bonchev–Trinajstić information content (AvgIpc) is 3.10. The topological polar surface area (TPSA) is 75.7 Å². The van der Waals surface area contributed by atoms with Crippen LogP contribution in [-0.2, 0) is 28.0 Å². The Balaban J connectivity index is 1.69. The zero-order valence-electron chi connectivity index (χ0n) is 21.1. The SMILES string of the molecule is CC(C)(C)OC(=O)N[C@]1([C@@]2(F)CCc3ccccc3C2=O)C(=O)N(Cc2ccccc2)c2ccccc21. The van der Waals surface area contributed by atoms with Gasteiger partial charge in [-0.25, -0.2) is 9.18 Å². The first-order valence-electron chi connectivity index (χ1n) is 12.3. The Labute approximate surface area is 215 Å². The number of rotatable bonds is 4. The smallest absolute Gasteiger partial charge is 0.408 e. The van der Waals surface area contributed by atoms with Crippen LogP contribution in [0.25, 0.3) is 0 Å². The molecule has 0 fully saturated rings. The number of ether oxygens (including phenoxy) is 1. The van der Waals surface area contributed by atoms with E-state index in [1.54, 1.807) is 69.3 Å². The number of para-hydroxylation sites is 1. The van der Waals surface area contributed by atoms with Crippen LogP contribution < -0.4 is 10.2 Å². The second kappa shape index (κ2) is 8.83. The van der Waals surface area contributed by atoms with Crippen LogP contribution in [0.3, 0.4) is 0 Å². The number of alkyl carbamates (subject to hydrolysis) is 1. The number of amides is 2. The number of anilines is 1. The van der Waals surface area contributed by atoms with E-state index in [9.17, 15) is 14.4 Å². The molecule has 6 nitrogen and oxygen atoms in total. The van der Waals surface area contributed by atoms with E-state index in [1.165, 1.54) is 4.90 Å². The number of halogens is 1. The molecule has 0 saturated carbocycles. The molecular weight excluding hydrogens is 471 g/mol. The van der Waals surface area contributed by atoms with Crippen molar-refractivity contribution in [2.45, 2.75) is 57.0 Å². The largest absolute Gasteiger partial charge is 0.444 e. The van der Waals surface area contributed by atoms with Crippen molar-refractivity contribution in [2.75, 3.05) is 4.90 Å². The third-order valence-electron chi connectivity index (χ3n) is 6.99. The molecule has 7 heteroatoms. The van der Waals surface area contributed by atoms with Crippen LogP contribution in [0.2, 0.25) is 0 Å². The number of Topliss-reactive ketones (excluding diaryl/α,β-unsaturated/α-hetero) is 1. The predicted molar refractivity (Wildman–Crippen MR) is 138 cm³/mol. The van der Waals surface area contributed by atoms with Crippen LogP contribution in [0.1, 0.15) is 54.2 Å². The van der Waals surface area contributed by atoms with Crippen molar-refractivity contribution in [1.29, 1.82) is 0 Å². The number of carbonyl (C=O) groups is 3. The molecule has 3 aromatic carbocycles. The number of carbonyl (C=O) groups excluding carboxylic acids is 3. The summed E-state index contributed by atoms with van der Waals surface area (Å²) in [7, 11) is 0. The van der Waals surface area contributed by atoms with Gasteiger partial charge >= 0.3 is 6.09 Å². The second-order valence-electron chi connectivity index (χ2n) is 10.6. The van der Waals surface area contributed by atoms with Gasteiger partial charge in [0.15, 0.2) is 5.54 Å². The monoisotopic (exact) mass is 500 g/mol. The molecule has 0 radical (unpaired) electrons. The normalized spacial score (nSPS) is 22.9. The molecule has 0 saturated heterocycles. The summed E-state index contributed by atoms with van der Waals surface area (Å²) < 4.78 is 23.1. The Morgan fingerprint density at radius 1 is 0.973 bits per heavy atom. The highest BCUT2D eigenvalue weighted by Crippen LogP contribution is 2.53. The number of nitrogens with zero attached hydrogens (tertiary/aromatic N) is 1. The number of ketones is 1. The van der Waals surface area contributed by atoms with Gasteiger partial charge < -0.3 is 9.64 Å². The number of hydrogen-bond acceptors (Lipinski definition) is 4. The summed E-state index contributed by atoms with van der Waals surface area (Å²) in [5.41, 5.74) is -3.51. The summed E-state index contributed by atoms with van der Waals surface area (Å²) in [4.78, 5) is 42.9. The van der Waals surface area contributed by atoms with Gasteiger partial charge in [0.1, 0.15) is 5.60 Å². The summed E-state index contributed by atoms with van der Waals surface area (Å²) in [6.07, 6.45) is -0.997. The minimum absolute atomic E-state index is 0.148. The molecule has 1 N–H and O–H groups in total. The zero-order valence-corrected chi connectivity index (χ0v) is 21.1. The lowest BCUT2D eigenvalue weighted by Gasteiger charge is -2.43. The van der Waals surface area contributed by atoms with Crippen molar-refractivity contribution in [3.8, 4) is 0 Å². The van der Waals surface area contributed by atoms with Crippen molar-refractivity contribution >= 4 is 23.5 Å². The fourth-order valence-electron chi connectivity index (χ4n) is 5.39. The summed E-state index contributed by atoms with van der Waals surface area (Å²) in [6, 6.07) is 22.9. The number of fused-ring (bicyclic) bond motifs is 2. The summed E-state index contributed by atoms with van der Waals surface area (Å²) in [6.45, 7) is 5.19. The van der Waals surface area contributed by atoms with E-state index >= 15 is 4.39 Å². The van der Waals surface area contributed by atoms with Gasteiger partial charge in [0.2, 0.25) is 11.5 Å². The maximum absolute atomic E-state index is 17.6. The number of alkyl halides is 1. The highest BCUT2D eigenvalue weighted by Gasteiger charge is 2.69. The van der Waals surface area contributed by atoms with Crippen molar-refractivity contribution in [2.24, 2.45) is 0 Å². The molecule has 37 heavy (non-hydrogen) atoms. The molecule has 2 aliphatic rings. The van der Waals surface area contributed by atoms with Crippen LogP contribution in [0.4, 0.5) is 14.9 Å². The van der Waals surface area contributed by atoms with Gasteiger partial charge in [0, 0.05) is 11.1 Å². The van der Waals surface area contributed by atoms with Gasteiger partial charge in [-0.1, -0.05) is 72.8 Å². The fraction of sp³-hybridized carbons (Fsp3) is 0.300. The Kier molecular flexibility index (Phi) is 5.89. The highest BCUT2D eigenvalue weighted by molar-refractivity contribution is 6.17. The molecule has 1 aliphatic heterocycles. The van der Waals surface area contributed by atoms with E-state index in [2.05, 4.69) is 5.32 Å². The van der Waals surface area contributed by atoms with Crippen LogP contribution >= 0.6 is 0 Å². The predicted octanol–water partition coefficient (Wildman–Crippen LogP) is 5.49. The van der Waals surface area contributed by atoms with Crippen LogP contribution in [-0.4, -0.2) is 29.1 Å². The lowest BCUT2D eigenvalue weighted by Crippen LogP contribution is -2.68. The fourth-order valence-corrected chi connectivity index (χ4v) is 5.39. The van der Waals surface area contributed by atoms with E-state index in [1.807, 2.05) is 30.3 Å². The van der Waals surface area contributed by atoms with Crippen molar-refractivity contribution in [3.05, 3.63) is 101 Å². The summed E-state index contributed by atoms with van der Waals surface area (Å²) >= 11 is 0. The van der Waals surface area contributed by atoms with Gasteiger partial charge in [-0.2, -0.15) is 0 Å². The van der Waals surface area contributed by atoms with Gasteiger partial charge in [0.05, 0.1) is 12.2 Å². The molecule has 0 bridgehead atoms. The Morgan fingerprint density at radius 3 is 2.35 bits per heavy atom. The van der Waals surface area contributed by atoms with E-state index < -0.39 is 34.6 Å². The first kappa shape index (κ1) is 24.7. The molecule has 2 atom stereocenters. The van der Waals surface area contributed by atoms with Gasteiger partial charge in [0.25, 0.3) is 5.91 Å². The second-order valence-corrected chi connectivity index (χ2v) is 10.6. The van der Waals surface area contributed by atoms with Gasteiger partial charge in [-0.15, -0.1) is 0 Å². The first-order chi connectivity index (χ1) is 17.6. The first-order valence-corrected chi connectivity index (χ1v) is 12.3. The number of nitrogens with one attached hydrogen (secondary N) is 1. The summed E-state index contributed by atoms with van der Waals surface area (Å²) in [5, 5.41) is 2.59. The van der Waals surface area contributed by atoms with Gasteiger partial charge in [-0.3, -0.25) is 14.9 Å². The van der Waals surface area contributed by atoms with Crippen molar-refractivity contribution in [3.63, 3.8) is 0 Å². The molecule has 3 aromatic rings. The third-order valence-corrected chi connectivity index (χ3v) is 6.99. The molecule has 0 spiro atoms. The molecule has 2 amide bonds. The lowest BCUT2D eigenvalue weighted by atomic mass is 9.66. The standard InChI is InChI=1S/C30H29FN2O4/c1-28(2,3)37-27(36)32-30(29(31)18-17-21-13-7-8-14-22(21)25(29)34)23-15-9-10-16-24(23)33(26(30)35)19-20-11-5-4-6-12-20/h4-16H,17-19H2,1-3H3,(H,32,36)/t29-,30+/m1/s1. The number of benzene rings is 3. The van der Waals surface area contributed by atoms with E-state index in [0.717, 1.165) is 5.56 Å². The zero-order chi connectivity index (χ0) is 26.4. The van der Waals surface area contributed by atoms with Crippen molar-refractivity contribution in [1.82, 2.24) is 5.32 Å². The van der Waals surface area contributed by atoms with E-state index in [4.69, 9.17) is 4.74 Å². The lowest BCUT2D eigenvalue weighted by molar-refractivity contribution is -0.130. The highest BCUT2D eigenvalue weighted by atomic mass is 19.1. The van der Waals surface area contributed by atoms with Crippen LogP contribution in [0, 0.1) is 0 Å². The molecular formula is C30H29FN2O4. The molecule has 190 valence electrons. The number of aryl methyl sites for hydroxylation is 1. The van der Waals surface area contributed by atoms with Crippen LogP contribution in [0.15, 0.2) is 78.9 Å². The molecule has 0 unspecified atom stereocenters. The molecule has 1 aliphatic carbocycles.